The highest BCUT2D eigenvalue weighted by Gasteiger charge is 2.25. The number of benzene rings is 2. The molecule has 10 nitrogen and oxygen atoms in total. The van der Waals surface area contributed by atoms with E-state index in [-0.39, 0.29) is 30.1 Å². The monoisotopic (exact) mass is 556 g/mol. The van der Waals surface area contributed by atoms with Crippen molar-refractivity contribution in [1.29, 1.82) is 0 Å². The van der Waals surface area contributed by atoms with Crippen LogP contribution in [0, 0.1) is 5.92 Å². The molecule has 0 atom stereocenters. The maximum absolute atomic E-state index is 13.6. The quantitative estimate of drug-likeness (QED) is 0.233. The summed E-state index contributed by atoms with van der Waals surface area (Å²) >= 11 is 0. The molecule has 0 fully saturated rings. The van der Waals surface area contributed by atoms with Gasteiger partial charge >= 0.3 is 11.7 Å². The highest BCUT2D eigenvalue weighted by molar-refractivity contribution is 5.89. The van der Waals surface area contributed by atoms with Gasteiger partial charge in [0.15, 0.2) is 11.4 Å². The van der Waals surface area contributed by atoms with Gasteiger partial charge in [-0.15, -0.1) is 0 Å². The summed E-state index contributed by atoms with van der Waals surface area (Å²) in [5.41, 5.74) is 1.66. The van der Waals surface area contributed by atoms with Gasteiger partial charge in [0.05, 0.1) is 6.54 Å². The summed E-state index contributed by atoms with van der Waals surface area (Å²) in [5.74, 6) is 1.15. The maximum atomic E-state index is 13.6. The van der Waals surface area contributed by atoms with E-state index in [1.165, 1.54) is 18.5 Å². The van der Waals surface area contributed by atoms with Gasteiger partial charge in [-0.25, -0.2) is 4.79 Å². The number of hydrogen-bond acceptors (Lipinski definition) is 7. The van der Waals surface area contributed by atoms with Crippen LogP contribution >= 0.6 is 0 Å². The lowest BCUT2D eigenvalue weighted by atomic mass is 10.1. The number of aromatic nitrogens is 4. The second kappa shape index (κ2) is 11.7. The molecule has 5 aromatic rings. The van der Waals surface area contributed by atoms with E-state index in [4.69, 9.17) is 19.0 Å². The van der Waals surface area contributed by atoms with Crippen LogP contribution in [-0.2, 0) is 42.9 Å². The van der Waals surface area contributed by atoms with E-state index >= 15 is 0 Å². The predicted octanol–water partition coefficient (Wildman–Crippen LogP) is 4.50. The average Bonchev–Trinajstić information content (AvgIpc) is 3.57. The molecule has 2 aromatic carbocycles. The molecule has 0 amide bonds. The number of nitrogens with zero attached hydrogens (tertiary/aromatic N) is 4. The molecule has 0 spiro atoms. The summed E-state index contributed by atoms with van der Waals surface area (Å²) in [6, 6.07) is 20.9. The first kappa shape index (κ1) is 27.7. The van der Waals surface area contributed by atoms with Crippen LogP contribution in [0.4, 0.5) is 0 Å². The van der Waals surface area contributed by atoms with E-state index in [2.05, 4.69) is 0 Å². The Bertz CT molecular complexity index is 1810. The van der Waals surface area contributed by atoms with Crippen LogP contribution in [-0.4, -0.2) is 24.9 Å². The molecule has 0 radical (unpaired) electrons. The van der Waals surface area contributed by atoms with Crippen molar-refractivity contribution in [3.8, 4) is 17.2 Å². The largest absolute Gasteiger partial charge is 0.489 e. The second-order valence-electron chi connectivity index (χ2n) is 10.3. The first-order valence-electron chi connectivity index (χ1n) is 13.4. The SMILES string of the molecule is CC(=O)OCc1ccc(-c2c3c(=O)n(C)c(=O)n(CC(C)C)c3nn2Cc2ccccc2OCc2ccccc2)o1. The number of carbonyl (C=O) groups excluding carboxylic acids is 1. The number of esters is 1. The van der Waals surface area contributed by atoms with Crippen molar-refractivity contribution in [1.82, 2.24) is 18.9 Å². The number of furan rings is 1. The van der Waals surface area contributed by atoms with E-state index in [9.17, 15) is 14.4 Å². The molecule has 212 valence electrons. The Morgan fingerprint density at radius 2 is 1.71 bits per heavy atom. The van der Waals surface area contributed by atoms with Gasteiger partial charge in [-0.2, -0.15) is 5.10 Å². The summed E-state index contributed by atoms with van der Waals surface area (Å²) in [4.78, 5) is 38.1. The van der Waals surface area contributed by atoms with E-state index in [0.29, 0.717) is 36.1 Å². The van der Waals surface area contributed by atoms with Crippen LogP contribution < -0.4 is 16.0 Å². The highest BCUT2D eigenvalue weighted by atomic mass is 16.5. The van der Waals surface area contributed by atoms with Crippen LogP contribution in [0.3, 0.4) is 0 Å². The predicted molar refractivity (Wildman–Crippen MR) is 154 cm³/mol. The van der Waals surface area contributed by atoms with Crippen molar-refractivity contribution >= 4 is 17.0 Å². The molecule has 10 heteroatoms. The number of para-hydroxylation sites is 1. The Hall–Kier alpha value is -4.86. The normalized spacial score (nSPS) is 11.3. The van der Waals surface area contributed by atoms with Crippen molar-refractivity contribution in [3.63, 3.8) is 0 Å². The molecule has 0 aliphatic heterocycles. The molecule has 3 aromatic heterocycles. The van der Waals surface area contributed by atoms with E-state index in [1.54, 1.807) is 16.8 Å². The lowest BCUT2D eigenvalue weighted by Crippen LogP contribution is -2.38. The third kappa shape index (κ3) is 5.86. The van der Waals surface area contributed by atoms with Gasteiger partial charge in [-0.1, -0.05) is 62.4 Å². The van der Waals surface area contributed by atoms with Crippen LogP contribution in [0.15, 0.2) is 80.7 Å². The smallest absolute Gasteiger partial charge is 0.332 e. The molecule has 0 unspecified atom stereocenters. The number of fused-ring (bicyclic) bond motifs is 1. The molecule has 5 rings (SSSR count). The molecule has 0 saturated heterocycles. The fourth-order valence-corrected chi connectivity index (χ4v) is 4.68. The summed E-state index contributed by atoms with van der Waals surface area (Å²) in [7, 11) is 1.46. The van der Waals surface area contributed by atoms with Crippen LogP contribution in [0.25, 0.3) is 22.5 Å². The van der Waals surface area contributed by atoms with Crippen molar-refractivity contribution in [2.24, 2.45) is 13.0 Å². The lowest BCUT2D eigenvalue weighted by Gasteiger charge is -2.13. The minimum Gasteiger partial charge on any atom is -0.489 e. The molecule has 0 bridgehead atoms. The third-order valence-corrected chi connectivity index (χ3v) is 6.62. The molecule has 0 N–H and O–H groups in total. The minimum atomic E-state index is -0.474. The molecule has 0 saturated carbocycles. The van der Waals surface area contributed by atoms with Gasteiger partial charge in [-0.3, -0.25) is 23.4 Å². The standard InChI is InChI=1S/C31H32N4O6/c1-20(2)16-34-29-27(30(37)33(4)31(34)38)28(26-15-14-24(41-26)19-39-21(3)36)35(32-29)17-23-12-8-9-13-25(23)40-18-22-10-6-5-7-11-22/h5-15,20H,16-19H2,1-4H3. The Morgan fingerprint density at radius 1 is 0.976 bits per heavy atom. The maximum Gasteiger partial charge on any atom is 0.332 e. The summed E-state index contributed by atoms with van der Waals surface area (Å²) in [5, 5.41) is 5.08. The zero-order chi connectivity index (χ0) is 29.1. The fraction of sp³-hybridized carbons (Fsp3) is 0.290. The summed E-state index contributed by atoms with van der Waals surface area (Å²) in [6.07, 6.45) is 0. The number of hydrogen-bond donors (Lipinski definition) is 0. The van der Waals surface area contributed by atoms with Gasteiger partial charge in [0, 0.05) is 26.1 Å². The summed E-state index contributed by atoms with van der Waals surface area (Å²) in [6.45, 7) is 6.28. The lowest BCUT2D eigenvalue weighted by molar-refractivity contribution is -0.142. The highest BCUT2D eigenvalue weighted by Crippen LogP contribution is 2.31. The topological polar surface area (TPSA) is 110 Å². The van der Waals surface area contributed by atoms with Crippen molar-refractivity contribution < 1.29 is 18.7 Å². The molecule has 0 aliphatic rings. The first-order valence-corrected chi connectivity index (χ1v) is 13.4. The Kier molecular flexibility index (Phi) is 7.91. The molecular weight excluding hydrogens is 524 g/mol. The van der Waals surface area contributed by atoms with Gasteiger partial charge < -0.3 is 13.9 Å². The zero-order valence-electron chi connectivity index (χ0n) is 23.5. The van der Waals surface area contributed by atoms with Crippen molar-refractivity contribution in [3.05, 3.63) is 104 Å². The molecular formula is C31H32N4O6. The number of ether oxygens (including phenoxy) is 2. The van der Waals surface area contributed by atoms with Crippen LogP contribution in [0.2, 0.25) is 0 Å². The van der Waals surface area contributed by atoms with Gasteiger partial charge in [0.25, 0.3) is 5.56 Å². The Morgan fingerprint density at radius 3 is 2.44 bits per heavy atom. The Balaban J connectivity index is 1.64. The average molecular weight is 557 g/mol. The van der Waals surface area contributed by atoms with Crippen molar-refractivity contribution in [2.75, 3.05) is 0 Å². The van der Waals surface area contributed by atoms with E-state index in [1.807, 2.05) is 68.4 Å². The van der Waals surface area contributed by atoms with Gasteiger partial charge in [0.1, 0.15) is 35.8 Å². The van der Waals surface area contributed by atoms with E-state index in [0.717, 1.165) is 15.7 Å². The zero-order valence-corrected chi connectivity index (χ0v) is 23.5. The van der Waals surface area contributed by atoms with Crippen LogP contribution in [0.5, 0.6) is 5.75 Å². The second-order valence-corrected chi connectivity index (χ2v) is 10.3. The van der Waals surface area contributed by atoms with Crippen molar-refractivity contribution in [2.45, 2.75) is 47.1 Å². The third-order valence-electron chi connectivity index (χ3n) is 6.62. The van der Waals surface area contributed by atoms with Gasteiger partial charge in [-0.05, 0) is 29.7 Å². The summed E-state index contributed by atoms with van der Waals surface area (Å²) < 4.78 is 21.6. The number of carbonyl (C=O) groups is 1. The van der Waals surface area contributed by atoms with Gasteiger partial charge in [0.2, 0.25) is 0 Å². The number of rotatable bonds is 10. The minimum absolute atomic E-state index is 0.0480. The first-order chi connectivity index (χ1) is 19.7. The molecule has 41 heavy (non-hydrogen) atoms. The van der Waals surface area contributed by atoms with Crippen LogP contribution in [0.1, 0.15) is 37.7 Å². The molecule has 0 aliphatic carbocycles. The Labute approximate surface area is 236 Å². The fourth-order valence-electron chi connectivity index (χ4n) is 4.68. The van der Waals surface area contributed by atoms with E-state index < -0.39 is 17.2 Å². The molecule has 3 heterocycles.